The largest absolute Gasteiger partial charge is 0.454 e. The minimum Gasteiger partial charge on any atom is -0.454 e. The van der Waals surface area contributed by atoms with Crippen LogP contribution in [0.15, 0.2) is 35.2 Å². The molecule has 0 radical (unpaired) electrons. The first-order valence-electron chi connectivity index (χ1n) is 8.35. The van der Waals surface area contributed by atoms with Gasteiger partial charge in [0.2, 0.25) is 12.7 Å². The molecule has 1 amide bonds. The molecule has 0 bridgehead atoms. The highest BCUT2D eigenvalue weighted by molar-refractivity contribution is 8.00. The van der Waals surface area contributed by atoms with E-state index in [0.29, 0.717) is 6.54 Å². The molecule has 1 aliphatic rings. The highest BCUT2D eigenvalue weighted by Gasteiger charge is 2.18. The molecule has 0 saturated heterocycles. The summed E-state index contributed by atoms with van der Waals surface area (Å²) in [6, 6.07) is 10.1. The molecule has 2 aromatic carbocycles. The summed E-state index contributed by atoms with van der Waals surface area (Å²) < 4.78 is 10.7. The molecule has 1 heterocycles. The maximum atomic E-state index is 12.5. The van der Waals surface area contributed by atoms with Crippen LogP contribution in [0.2, 0.25) is 0 Å². The Morgan fingerprint density at radius 1 is 1.12 bits per heavy atom. The van der Waals surface area contributed by atoms with Crippen molar-refractivity contribution in [2.75, 3.05) is 6.79 Å². The van der Waals surface area contributed by atoms with E-state index < -0.39 is 0 Å². The highest BCUT2D eigenvalue weighted by atomic mass is 32.2. The van der Waals surface area contributed by atoms with Crippen LogP contribution >= 0.6 is 11.8 Å². The summed E-state index contributed by atoms with van der Waals surface area (Å²) >= 11 is 1.61. The summed E-state index contributed by atoms with van der Waals surface area (Å²) in [6.07, 6.45) is 0. The number of nitrogens with one attached hydrogen (secondary N) is 1. The van der Waals surface area contributed by atoms with E-state index in [1.54, 1.807) is 11.8 Å². The van der Waals surface area contributed by atoms with Gasteiger partial charge in [0, 0.05) is 11.4 Å². The van der Waals surface area contributed by atoms with Gasteiger partial charge < -0.3 is 14.8 Å². The first-order chi connectivity index (χ1) is 11.9. The van der Waals surface area contributed by atoms with Crippen molar-refractivity contribution in [2.45, 2.75) is 44.4 Å². The maximum Gasteiger partial charge on any atom is 0.233 e. The molecule has 0 saturated carbocycles. The maximum absolute atomic E-state index is 12.5. The molecule has 1 N–H and O–H groups in total. The number of carbonyl (C=O) groups excluding carboxylic acids is 1. The van der Waals surface area contributed by atoms with Gasteiger partial charge in [-0.1, -0.05) is 23.8 Å². The Kier molecular flexibility index (Phi) is 5.23. The van der Waals surface area contributed by atoms with Crippen LogP contribution in [0.3, 0.4) is 0 Å². The first kappa shape index (κ1) is 17.7. The summed E-state index contributed by atoms with van der Waals surface area (Å²) in [4.78, 5) is 13.6. The van der Waals surface area contributed by atoms with Crippen molar-refractivity contribution in [1.82, 2.24) is 5.32 Å². The Labute approximate surface area is 152 Å². The van der Waals surface area contributed by atoms with Crippen molar-refractivity contribution in [2.24, 2.45) is 0 Å². The zero-order chi connectivity index (χ0) is 18.0. The highest BCUT2D eigenvalue weighted by Crippen LogP contribution is 2.33. The van der Waals surface area contributed by atoms with Gasteiger partial charge in [-0.05, 0) is 56.5 Å². The normalized spacial score (nSPS) is 13.6. The van der Waals surface area contributed by atoms with Gasteiger partial charge in [0.15, 0.2) is 11.5 Å². The zero-order valence-corrected chi connectivity index (χ0v) is 15.8. The number of hydrogen-bond acceptors (Lipinski definition) is 4. The second-order valence-corrected chi connectivity index (χ2v) is 7.74. The van der Waals surface area contributed by atoms with Crippen molar-refractivity contribution >= 4 is 17.7 Å². The molecule has 0 aromatic heterocycles. The number of hydrogen-bond donors (Lipinski definition) is 1. The Morgan fingerprint density at radius 2 is 1.80 bits per heavy atom. The Balaban J connectivity index is 1.60. The molecule has 0 fully saturated rings. The molecule has 1 aliphatic heterocycles. The molecule has 5 heteroatoms. The van der Waals surface area contributed by atoms with Crippen LogP contribution in [0.25, 0.3) is 0 Å². The molecular formula is C20H23NO3S. The van der Waals surface area contributed by atoms with Crippen molar-refractivity contribution in [3.8, 4) is 11.5 Å². The van der Waals surface area contributed by atoms with Gasteiger partial charge in [0.25, 0.3) is 0 Å². The van der Waals surface area contributed by atoms with Crippen LogP contribution in [-0.4, -0.2) is 18.0 Å². The van der Waals surface area contributed by atoms with Crippen molar-refractivity contribution in [1.29, 1.82) is 0 Å². The van der Waals surface area contributed by atoms with E-state index in [-0.39, 0.29) is 18.0 Å². The van der Waals surface area contributed by atoms with E-state index in [4.69, 9.17) is 9.47 Å². The lowest BCUT2D eigenvalue weighted by atomic mass is 10.1. The number of fused-ring (bicyclic) bond motifs is 1. The van der Waals surface area contributed by atoms with Crippen molar-refractivity contribution < 1.29 is 14.3 Å². The van der Waals surface area contributed by atoms with Gasteiger partial charge in [-0.15, -0.1) is 11.8 Å². The Morgan fingerprint density at radius 3 is 2.52 bits per heavy atom. The number of amides is 1. The van der Waals surface area contributed by atoms with E-state index in [1.807, 2.05) is 25.1 Å². The van der Waals surface area contributed by atoms with E-state index in [2.05, 4.69) is 38.2 Å². The number of carbonyl (C=O) groups is 1. The monoisotopic (exact) mass is 357 g/mol. The zero-order valence-electron chi connectivity index (χ0n) is 15.0. The number of thioether (sulfide) groups is 1. The third kappa shape index (κ3) is 4.10. The minimum absolute atomic E-state index is 0.0297. The van der Waals surface area contributed by atoms with E-state index >= 15 is 0 Å². The van der Waals surface area contributed by atoms with E-state index in [0.717, 1.165) is 17.1 Å². The molecule has 4 nitrogen and oxygen atoms in total. The van der Waals surface area contributed by atoms with Crippen LogP contribution in [0.4, 0.5) is 0 Å². The third-order valence-corrected chi connectivity index (χ3v) is 5.62. The molecule has 132 valence electrons. The summed E-state index contributed by atoms with van der Waals surface area (Å²) in [5.41, 5.74) is 4.69. The van der Waals surface area contributed by atoms with Crippen LogP contribution < -0.4 is 14.8 Å². The lowest BCUT2D eigenvalue weighted by Gasteiger charge is -2.16. The third-order valence-electron chi connectivity index (χ3n) is 4.17. The summed E-state index contributed by atoms with van der Waals surface area (Å²) in [6.45, 7) is 8.97. The van der Waals surface area contributed by atoms with Gasteiger partial charge in [0.1, 0.15) is 0 Å². The molecular weight excluding hydrogens is 334 g/mol. The van der Waals surface area contributed by atoms with E-state index in [9.17, 15) is 4.79 Å². The quantitative estimate of drug-likeness (QED) is 0.817. The second-order valence-electron chi connectivity index (χ2n) is 6.39. The fourth-order valence-corrected chi connectivity index (χ4v) is 4.00. The molecule has 0 unspecified atom stereocenters. The predicted molar refractivity (Wildman–Crippen MR) is 100 cm³/mol. The number of ether oxygens (including phenoxy) is 2. The molecule has 0 spiro atoms. The van der Waals surface area contributed by atoms with Gasteiger partial charge in [-0.3, -0.25) is 4.79 Å². The van der Waals surface area contributed by atoms with Crippen molar-refractivity contribution in [3.63, 3.8) is 0 Å². The van der Waals surface area contributed by atoms with Crippen molar-refractivity contribution in [3.05, 3.63) is 52.6 Å². The fourth-order valence-electron chi connectivity index (χ4n) is 2.97. The van der Waals surface area contributed by atoms with Gasteiger partial charge >= 0.3 is 0 Å². The number of aryl methyl sites for hydroxylation is 3. The molecule has 1 atom stereocenters. The molecule has 25 heavy (non-hydrogen) atoms. The first-order valence-corrected chi connectivity index (χ1v) is 9.23. The smallest absolute Gasteiger partial charge is 0.233 e. The van der Waals surface area contributed by atoms with E-state index in [1.165, 1.54) is 21.6 Å². The second kappa shape index (κ2) is 7.40. The average Bonchev–Trinajstić information content (AvgIpc) is 3.03. The SMILES string of the molecule is Cc1cc(C)c(S[C@H](C)C(=O)NCc2ccc3c(c2)OCO3)c(C)c1. The Bertz CT molecular complexity index is 781. The van der Waals surface area contributed by atoms with Gasteiger partial charge in [0.05, 0.1) is 5.25 Å². The van der Waals surface area contributed by atoms with Crippen LogP contribution in [0.1, 0.15) is 29.2 Å². The average molecular weight is 357 g/mol. The molecule has 3 rings (SSSR count). The summed E-state index contributed by atoms with van der Waals surface area (Å²) in [7, 11) is 0. The number of benzene rings is 2. The molecule has 0 aliphatic carbocycles. The lowest BCUT2D eigenvalue weighted by Crippen LogP contribution is -2.30. The van der Waals surface area contributed by atoms with Gasteiger partial charge in [-0.25, -0.2) is 0 Å². The minimum atomic E-state index is -0.158. The van der Waals surface area contributed by atoms with Crippen LogP contribution in [0.5, 0.6) is 11.5 Å². The summed E-state index contributed by atoms with van der Waals surface area (Å²) in [5.74, 6) is 1.52. The number of rotatable bonds is 5. The molecule has 2 aromatic rings. The van der Waals surface area contributed by atoms with Crippen LogP contribution in [-0.2, 0) is 11.3 Å². The topological polar surface area (TPSA) is 47.6 Å². The van der Waals surface area contributed by atoms with Gasteiger partial charge in [-0.2, -0.15) is 0 Å². The Hall–Kier alpha value is -2.14. The van der Waals surface area contributed by atoms with Crippen LogP contribution in [0, 0.1) is 20.8 Å². The standard InChI is InChI=1S/C20H23NO3S/c1-12-7-13(2)19(14(3)8-12)25-15(4)20(22)21-10-16-5-6-17-18(9-16)24-11-23-17/h5-9,15H,10-11H2,1-4H3,(H,21,22)/t15-/m1/s1. The lowest BCUT2D eigenvalue weighted by molar-refractivity contribution is -0.120. The fraction of sp³-hybridized carbons (Fsp3) is 0.350. The summed E-state index contributed by atoms with van der Waals surface area (Å²) in [5, 5.41) is 2.85. The predicted octanol–water partition coefficient (Wildman–Crippen LogP) is 4.14.